The van der Waals surface area contributed by atoms with Crippen LogP contribution in [0.2, 0.25) is 0 Å². The highest BCUT2D eigenvalue weighted by atomic mass is 32.1. The Bertz CT molecular complexity index is 284. The average molecular weight is 199 g/mol. The molecule has 0 aliphatic heterocycles. The summed E-state index contributed by atoms with van der Waals surface area (Å²) < 4.78 is 0. The molecule has 0 spiro atoms. The monoisotopic (exact) mass is 199 g/mol. The van der Waals surface area contributed by atoms with Gasteiger partial charge in [0.1, 0.15) is 6.04 Å². The molecule has 0 aromatic carbocycles. The number of aliphatic carboxylic acids is 1. The fourth-order valence-corrected chi connectivity index (χ4v) is 1.63. The Labute approximate surface area is 79.2 Å². The van der Waals surface area contributed by atoms with Crippen molar-refractivity contribution in [3.8, 4) is 0 Å². The van der Waals surface area contributed by atoms with Gasteiger partial charge in [-0.1, -0.05) is 0 Å². The minimum absolute atomic E-state index is 0.331. The maximum Gasteiger partial charge on any atom is 0.326 e. The number of nitrogens with one attached hydrogen (secondary N) is 1. The molecule has 1 aromatic heterocycles. The van der Waals surface area contributed by atoms with Crippen LogP contribution >= 0.6 is 11.3 Å². The number of carbonyl (C=O) groups excluding carboxylic acids is 1. The van der Waals surface area contributed by atoms with Crippen molar-refractivity contribution in [3.05, 3.63) is 22.4 Å². The summed E-state index contributed by atoms with van der Waals surface area (Å²) in [6, 6.07) is 1.01. The molecule has 1 unspecified atom stereocenters. The molecule has 0 saturated carbocycles. The summed E-state index contributed by atoms with van der Waals surface area (Å²) >= 11 is 1.50. The molecule has 1 aromatic rings. The van der Waals surface area contributed by atoms with E-state index >= 15 is 0 Å². The van der Waals surface area contributed by atoms with Crippen LogP contribution in [0.4, 0.5) is 0 Å². The first kappa shape index (κ1) is 9.73. The van der Waals surface area contributed by atoms with Crippen LogP contribution in [-0.2, 0) is 16.0 Å². The first-order chi connectivity index (χ1) is 6.24. The maximum atomic E-state index is 10.6. The van der Waals surface area contributed by atoms with E-state index in [2.05, 4.69) is 5.32 Å². The average Bonchev–Trinajstić information content (AvgIpc) is 2.56. The molecule has 0 saturated heterocycles. The van der Waals surface area contributed by atoms with Crippen LogP contribution in [0, 0.1) is 0 Å². The van der Waals surface area contributed by atoms with Gasteiger partial charge in [0.2, 0.25) is 6.41 Å². The minimum Gasteiger partial charge on any atom is -0.480 e. The molecule has 4 nitrogen and oxygen atoms in total. The van der Waals surface area contributed by atoms with E-state index < -0.39 is 12.0 Å². The fourth-order valence-electron chi connectivity index (χ4n) is 0.944. The Kier molecular flexibility index (Phi) is 3.45. The van der Waals surface area contributed by atoms with Crippen molar-refractivity contribution in [3.63, 3.8) is 0 Å². The molecule has 13 heavy (non-hydrogen) atoms. The Morgan fingerprint density at radius 1 is 1.77 bits per heavy atom. The van der Waals surface area contributed by atoms with Crippen molar-refractivity contribution in [2.75, 3.05) is 0 Å². The van der Waals surface area contributed by atoms with Gasteiger partial charge in [0, 0.05) is 6.42 Å². The summed E-state index contributed by atoms with van der Waals surface area (Å²) in [5, 5.41) is 14.7. The van der Waals surface area contributed by atoms with E-state index in [0.29, 0.717) is 12.8 Å². The normalized spacial score (nSPS) is 12.0. The molecule has 0 bridgehead atoms. The number of hydrogen-bond donors (Lipinski definition) is 2. The largest absolute Gasteiger partial charge is 0.480 e. The van der Waals surface area contributed by atoms with Crippen LogP contribution in [0.1, 0.15) is 5.56 Å². The van der Waals surface area contributed by atoms with Gasteiger partial charge in [-0.05, 0) is 22.4 Å². The number of thiophene rings is 1. The zero-order valence-electron chi connectivity index (χ0n) is 6.77. The topological polar surface area (TPSA) is 66.4 Å². The summed E-state index contributed by atoms with van der Waals surface area (Å²) in [5.74, 6) is -1.02. The summed E-state index contributed by atoms with van der Waals surface area (Å²) in [6.07, 6.45) is 0.739. The standard InChI is InChI=1S/C8H9NO3S/c10-5-9-7(8(11)12)3-6-1-2-13-4-6/h1-2,4-5,7H,3H2,(H,9,10)(H,11,12). The highest BCUT2D eigenvalue weighted by molar-refractivity contribution is 7.07. The van der Waals surface area contributed by atoms with Gasteiger partial charge in [-0.3, -0.25) is 4.79 Å². The summed E-state index contributed by atoms with van der Waals surface area (Å²) in [7, 11) is 0. The lowest BCUT2D eigenvalue weighted by Crippen LogP contribution is -2.37. The lowest BCUT2D eigenvalue weighted by atomic mass is 10.1. The van der Waals surface area contributed by atoms with E-state index in [9.17, 15) is 9.59 Å². The molecule has 1 heterocycles. The quantitative estimate of drug-likeness (QED) is 0.678. The van der Waals surface area contributed by atoms with Crippen LogP contribution in [0.25, 0.3) is 0 Å². The zero-order chi connectivity index (χ0) is 9.68. The molecular formula is C8H9NO3S. The summed E-state index contributed by atoms with van der Waals surface area (Å²) in [4.78, 5) is 20.7. The van der Waals surface area contributed by atoms with E-state index in [1.807, 2.05) is 16.8 Å². The molecular weight excluding hydrogens is 190 g/mol. The molecule has 2 N–H and O–H groups in total. The van der Waals surface area contributed by atoms with Crippen LogP contribution in [-0.4, -0.2) is 23.5 Å². The summed E-state index contributed by atoms with van der Waals surface area (Å²) in [6.45, 7) is 0. The number of carbonyl (C=O) groups is 2. The second kappa shape index (κ2) is 4.61. The van der Waals surface area contributed by atoms with Gasteiger partial charge in [0.25, 0.3) is 0 Å². The minimum atomic E-state index is -1.02. The van der Waals surface area contributed by atoms with Gasteiger partial charge in [-0.15, -0.1) is 0 Å². The predicted molar refractivity (Wildman–Crippen MR) is 48.6 cm³/mol. The van der Waals surface area contributed by atoms with Crippen LogP contribution in [0.5, 0.6) is 0 Å². The van der Waals surface area contributed by atoms with Gasteiger partial charge < -0.3 is 10.4 Å². The van der Waals surface area contributed by atoms with Crippen molar-refractivity contribution in [2.24, 2.45) is 0 Å². The third-order valence-electron chi connectivity index (χ3n) is 1.59. The van der Waals surface area contributed by atoms with E-state index in [1.165, 1.54) is 11.3 Å². The Morgan fingerprint density at radius 2 is 2.54 bits per heavy atom. The van der Waals surface area contributed by atoms with Crippen LogP contribution in [0.3, 0.4) is 0 Å². The van der Waals surface area contributed by atoms with Gasteiger partial charge in [0.15, 0.2) is 0 Å². The molecule has 1 atom stereocenters. The third-order valence-corrected chi connectivity index (χ3v) is 2.32. The number of amides is 1. The molecule has 0 fully saturated rings. The molecule has 70 valence electrons. The van der Waals surface area contributed by atoms with Crippen molar-refractivity contribution in [1.29, 1.82) is 0 Å². The van der Waals surface area contributed by atoms with Gasteiger partial charge >= 0.3 is 5.97 Å². The first-order valence-corrected chi connectivity index (χ1v) is 4.62. The van der Waals surface area contributed by atoms with E-state index in [4.69, 9.17) is 5.11 Å². The van der Waals surface area contributed by atoms with Gasteiger partial charge in [-0.2, -0.15) is 11.3 Å². The van der Waals surface area contributed by atoms with Crippen molar-refractivity contribution in [2.45, 2.75) is 12.5 Å². The maximum absolute atomic E-state index is 10.6. The van der Waals surface area contributed by atoms with E-state index in [0.717, 1.165) is 5.56 Å². The SMILES string of the molecule is O=CNC(Cc1ccsc1)C(=O)O. The molecule has 5 heteroatoms. The lowest BCUT2D eigenvalue weighted by molar-refractivity contribution is -0.140. The Hall–Kier alpha value is -1.36. The molecule has 0 radical (unpaired) electrons. The molecule has 1 rings (SSSR count). The highest BCUT2D eigenvalue weighted by Gasteiger charge is 2.16. The molecule has 0 aliphatic rings. The van der Waals surface area contributed by atoms with Crippen molar-refractivity contribution < 1.29 is 14.7 Å². The van der Waals surface area contributed by atoms with Crippen LogP contribution < -0.4 is 5.32 Å². The van der Waals surface area contributed by atoms with Crippen molar-refractivity contribution >= 4 is 23.7 Å². The van der Waals surface area contributed by atoms with E-state index in [-0.39, 0.29) is 0 Å². The number of carboxylic acids is 1. The third kappa shape index (κ3) is 2.87. The zero-order valence-corrected chi connectivity index (χ0v) is 7.58. The second-order valence-electron chi connectivity index (χ2n) is 2.51. The van der Waals surface area contributed by atoms with E-state index in [1.54, 1.807) is 0 Å². The number of hydrogen-bond acceptors (Lipinski definition) is 3. The van der Waals surface area contributed by atoms with Crippen molar-refractivity contribution in [1.82, 2.24) is 5.32 Å². The number of carboxylic acid groups (broad SMARTS) is 1. The second-order valence-corrected chi connectivity index (χ2v) is 3.29. The first-order valence-electron chi connectivity index (χ1n) is 3.67. The fraction of sp³-hybridized carbons (Fsp3) is 0.250. The highest BCUT2D eigenvalue weighted by Crippen LogP contribution is 2.08. The number of rotatable bonds is 5. The van der Waals surface area contributed by atoms with Gasteiger partial charge in [-0.25, -0.2) is 4.79 Å². The van der Waals surface area contributed by atoms with Gasteiger partial charge in [0.05, 0.1) is 0 Å². The lowest BCUT2D eigenvalue weighted by Gasteiger charge is -2.08. The smallest absolute Gasteiger partial charge is 0.326 e. The summed E-state index contributed by atoms with van der Waals surface area (Å²) in [5.41, 5.74) is 0.923. The molecule has 1 amide bonds. The Balaban J connectivity index is 2.57. The Morgan fingerprint density at radius 3 is 3.00 bits per heavy atom. The van der Waals surface area contributed by atoms with Crippen LogP contribution in [0.15, 0.2) is 16.8 Å². The molecule has 0 aliphatic carbocycles. The predicted octanol–water partition coefficient (Wildman–Crippen LogP) is 0.490.